The van der Waals surface area contributed by atoms with Crippen LogP contribution in [0.15, 0.2) is 53.0 Å². The first-order chi connectivity index (χ1) is 14.2. The van der Waals surface area contributed by atoms with E-state index in [0.717, 1.165) is 10.7 Å². The first-order valence-corrected chi connectivity index (χ1v) is 10.2. The zero-order valence-corrected chi connectivity index (χ0v) is 16.6. The molecule has 4 rings (SSSR count). The predicted molar refractivity (Wildman–Crippen MR) is 115 cm³/mol. The lowest BCUT2D eigenvalue weighted by atomic mass is 9.99. The molecule has 0 unspecified atom stereocenters. The number of ketones is 1. The van der Waals surface area contributed by atoms with Crippen molar-refractivity contribution in [3.05, 3.63) is 59.1 Å². The highest BCUT2D eigenvalue weighted by Crippen LogP contribution is 2.36. The third-order valence-corrected chi connectivity index (χ3v) is 5.21. The molecule has 1 aliphatic heterocycles. The van der Waals surface area contributed by atoms with Crippen LogP contribution in [0, 0.1) is 0 Å². The average Bonchev–Trinajstić information content (AvgIpc) is 3.21. The maximum absolute atomic E-state index is 12.7. The third-order valence-electron chi connectivity index (χ3n) is 4.41. The van der Waals surface area contributed by atoms with Crippen LogP contribution >= 0.6 is 11.3 Å². The van der Waals surface area contributed by atoms with Crippen molar-refractivity contribution in [1.29, 1.82) is 0 Å². The van der Waals surface area contributed by atoms with Gasteiger partial charge in [0.05, 0.1) is 25.3 Å². The van der Waals surface area contributed by atoms with Crippen LogP contribution in [-0.2, 0) is 11.3 Å². The number of rotatable bonds is 8. The lowest BCUT2D eigenvalue weighted by molar-refractivity contribution is 0.0993. The number of Topliss-reactive ketones (excluding diaryl/α,β-unsaturated/α-hetero) is 1. The van der Waals surface area contributed by atoms with Crippen molar-refractivity contribution >= 4 is 33.7 Å². The van der Waals surface area contributed by atoms with Crippen molar-refractivity contribution in [2.75, 3.05) is 25.0 Å². The van der Waals surface area contributed by atoms with Gasteiger partial charge < -0.3 is 15.8 Å². The lowest BCUT2D eigenvalue weighted by Gasteiger charge is -2.16. The van der Waals surface area contributed by atoms with Crippen LogP contribution in [0.3, 0.4) is 0 Å². The molecule has 0 aliphatic carbocycles. The van der Waals surface area contributed by atoms with Gasteiger partial charge in [-0.3, -0.25) is 14.8 Å². The van der Waals surface area contributed by atoms with Crippen LogP contribution < -0.4 is 11.1 Å². The van der Waals surface area contributed by atoms with Gasteiger partial charge in [0.25, 0.3) is 0 Å². The molecule has 29 heavy (non-hydrogen) atoms. The Bertz CT molecular complexity index is 1030. The molecule has 148 valence electrons. The number of carbonyl (C=O) groups is 1. The Kier molecular flexibility index (Phi) is 6.04. The maximum atomic E-state index is 12.7. The van der Waals surface area contributed by atoms with Gasteiger partial charge in [0.15, 0.2) is 10.9 Å². The Hall–Kier alpha value is -2.94. The van der Waals surface area contributed by atoms with Gasteiger partial charge in [-0.05, 0) is 11.6 Å². The summed E-state index contributed by atoms with van der Waals surface area (Å²) in [7, 11) is 0. The van der Waals surface area contributed by atoms with E-state index in [4.69, 9.17) is 15.5 Å². The summed E-state index contributed by atoms with van der Waals surface area (Å²) in [5, 5.41) is 5.83. The molecule has 0 spiro atoms. The summed E-state index contributed by atoms with van der Waals surface area (Å²) >= 11 is 1.47. The van der Waals surface area contributed by atoms with Crippen LogP contribution in [0.5, 0.6) is 0 Å². The fraction of sp³-hybridized carbons (Fsp3) is 0.238. The number of carbonyl (C=O) groups excluding carboxylic acids is 1. The summed E-state index contributed by atoms with van der Waals surface area (Å²) in [5.41, 5.74) is 9.74. The fourth-order valence-electron chi connectivity index (χ4n) is 3.04. The molecule has 0 saturated heterocycles. The molecule has 3 heterocycles. The summed E-state index contributed by atoms with van der Waals surface area (Å²) in [4.78, 5) is 26.4. The summed E-state index contributed by atoms with van der Waals surface area (Å²) in [6, 6.07) is 11.6. The Morgan fingerprint density at radius 1 is 1.17 bits per heavy atom. The van der Waals surface area contributed by atoms with E-state index in [1.54, 1.807) is 12.3 Å². The first-order valence-electron chi connectivity index (χ1n) is 9.34. The zero-order valence-electron chi connectivity index (χ0n) is 15.8. The molecule has 1 aromatic carbocycles. The van der Waals surface area contributed by atoms with Crippen LogP contribution in [0.1, 0.15) is 22.3 Å². The summed E-state index contributed by atoms with van der Waals surface area (Å²) in [6.45, 7) is 1.95. The van der Waals surface area contributed by atoms with Crippen LogP contribution in [0.2, 0.25) is 0 Å². The molecule has 0 saturated carbocycles. The Labute approximate surface area is 172 Å². The minimum Gasteiger partial charge on any atom is -0.371 e. The van der Waals surface area contributed by atoms with Gasteiger partial charge in [0, 0.05) is 30.2 Å². The molecule has 8 heteroatoms. The van der Waals surface area contributed by atoms with Crippen molar-refractivity contribution in [2.45, 2.75) is 13.0 Å². The number of aliphatic imine (C=N–C) groups is 1. The SMILES string of the molecule is NCCNc1nc(-c2nccc3c2N=C(COCc2ccccc2)CC3=O)cs1. The second kappa shape index (κ2) is 9.04. The van der Waals surface area contributed by atoms with Crippen LogP contribution in [0.25, 0.3) is 11.4 Å². The predicted octanol–water partition coefficient (Wildman–Crippen LogP) is 3.45. The molecular weight excluding hydrogens is 386 g/mol. The fourth-order valence-corrected chi connectivity index (χ4v) is 3.77. The summed E-state index contributed by atoms with van der Waals surface area (Å²) in [5.74, 6) is 0.0219. The Morgan fingerprint density at radius 2 is 2.03 bits per heavy atom. The molecule has 0 amide bonds. The molecule has 0 radical (unpaired) electrons. The molecule has 0 bridgehead atoms. The minimum atomic E-state index is 0.0219. The lowest BCUT2D eigenvalue weighted by Crippen LogP contribution is -2.18. The van der Waals surface area contributed by atoms with E-state index in [-0.39, 0.29) is 12.2 Å². The molecule has 7 nitrogen and oxygen atoms in total. The minimum absolute atomic E-state index is 0.0219. The highest BCUT2D eigenvalue weighted by Gasteiger charge is 2.24. The summed E-state index contributed by atoms with van der Waals surface area (Å²) in [6.07, 6.45) is 1.89. The number of pyridine rings is 1. The standard InChI is InChI=1S/C21H21N5O2S/c22-7-9-24-21-26-17(13-29-21)20-19-16(6-8-23-20)18(27)10-15(25-19)12-28-11-14-4-2-1-3-5-14/h1-6,8,13H,7,9-12,22H2,(H,24,26). The second-order valence-electron chi connectivity index (χ2n) is 6.57. The van der Waals surface area contributed by atoms with Gasteiger partial charge in [-0.2, -0.15) is 0 Å². The van der Waals surface area contributed by atoms with Gasteiger partial charge in [-0.15, -0.1) is 11.3 Å². The van der Waals surface area contributed by atoms with Crippen molar-refractivity contribution in [3.8, 4) is 11.4 Å². The van der Waals surface area contributed by atoms with Gasteiger partial charge >= 0.3 is 0 Å². The third kappa shape index (κ3) is 4.56. The average molecular weight is 407 g/mol. The Balaban J connectivity index is 1.55. The number of ether oxygens (including phenoxy) is 1. The van der Waals surface area contributed by atoms with E-state index >= 15 is 0 Å². The number of aromatic nitrogens is 2. The van der Waals surface area contributed by atoms with E-state index < -0.39 is 0 Å². The maximum Gasteiger partial charge on any atom is 0.183 e. The quantitative estimate of drug-likeness (QED) is 0.593. The van der Waals surface area contributed by atoms with Gasteiger partial charge in [-0.1, -0.05) is 30.3 Å². The van der Waals surface area contributed by atoms with Crippen molar-refractivity contribution < 1.29 is 9.53 Å². The number of benzene rings is 1. The largest absolute Gasteiger partial charge is 0.371 e. The number of hydrogen-bond acceptors (Lipinski definition) is 8. The number of nitrogens with two attached hydrogens (primary N) is 1. The highest BCUT2D eigenvalue weighted by atomic mass is 32.1. The first kappa shape index (κ1) is 19.4. The van der Waals surface area contributed by atoms with Gasteiger partial charge in [0.2, 0.25) is 0 Å². The van der Waals surface area contributed by atoms with E-state index in [0.29, 0.717) is 54.7 Å². The van der Waals surface area contributed by atoms with E-state index in [2.05, 4.69) is 15.3 Å². The van der Waals surface area contributed by atoms with E-state index in [1.807, 2.05) is 35.7 Å². The number of fused-ring (bicyclic) bond motifs is 1. The molecule has 0 atom stereocenters. The highest BCUT2D eigenvalue weighted by molar-refractivity contribution is 7.14. The molecule has 1 aliphatic rings. The normalized spacial score (nSPS) is 13.1. The van der Waals surface area contributed by atoms with E-state index in [1.165, 1.54) is 11.3 Å². The van der Waals surface area contributed by atoms with Crippen LogP contribution in [0.4, 0.5) is 10.8 Å². The Morgan fingerprint density at radius 3 is 2.86 bits per heavy atom. The zero-order chi connectivity index (χ0) is 20.1. The smallest absolute Gasteiger partial charge is 0.183 e. The molecule has 3 N–H and O–H groups in total. The second-order valence-corrected chi connectivity index (χ2v) is 7.42. The number of nitrogens with zero attached hydrogens (tertiary/aromatic N) is 3. The number of hydrogen-bond donors (Lipinski definition) is 2. The van der Waals surface area contributed by atoms with Crippen LogP contribution in [-0.4, -0.2) is 41.2 Å². The molecule has 2 aromatic heterocycles. The van der Waals surface area contributed by atoms with Gasteiger partial charge in [0.1, 0.15) is 17.1 Å². The van der Waals surface area contributed by atoms with Gasteiger partial charge in [-0.25, -0.2) is 4.98 Å². The molecule has 0 fully saturated rings. The number of thiazole rings is 1. The number of nitrogens with one attached hydrogen (secondary N) is 1. The molecule has 3 aromatic rings. The van der Waals surface area contributed by atoms with Crippen molar-refractivity contribution in [1.82, 2.24) is 9.97 Å². The number of anilines is 1. The van der Waals surface area contributed by atoms with Crippen molar-refractivity contribution in [2.24, 2.45) is 10.7 Å². The summed E-state index contributed by atoms with van der Waals surface area (Å²) < 4.78 is 5.78. The van der Waals surface area contributed by atoms with E-state index in [9.17, 15) is 4.79 Å². The topological polar surface area (TPSA) is 102 Å². The van der Waals surface area contributed by atoms with Crippen molar-refractivity contribution in [3.63, 3.8) is 0 Å². The molecular formula is C21H21N5O2S. The monoisotopic (exact) mass is 407 g/mol.